The zero-order chi connectivity index (χ0) is 21.5. The average molecular weight is 422 g/mol. The van der Waals surface area contributed by atoms with Crippen LogP contribution in [0.2, 0.25) is 0 Å². The molecule has 30 heavy (non-hydrogen) atoms. The number of rotatable bonds is 8. The Bertz CT molecular complexity index is 977. The highest BCUT2D eigenvalue weighted by Crippen LogP contribution is 2.34. The molecule has 1 aromatic heterocycles. The van der Waals surface area contributed by atoms with E-state index >= 15 is 0 Å². The van der Waals surface area contributed by atoms with Gasteiger partial charge in [-0.25, -0.2) is 0 Å². The molecule has 1 atom stereocenters. The third kappa shape index (κ3) is 5.51. The maximum absolute atomic E-state index is 9.85. The van der Waals surface area contributed by atoms with Gasteiger partial charge in [0.15, 0.2) is 5.82 Å². The smallest absolute Gasteiger partial charge is 0.228 e. The number of nitrogens with zero attached hydrogens (tertiary/aromatic N) is 4. The highest BCUT2D eigenvalue weighted by atomic mass is 32.2. The fourth-order valence-corrected chi connectivity index (χ4v) is 3.78. The summed E-state index contributed by atoms with van der Waals surface area (Å²) < 4.78 is 0. The molecule has 1 aliphatic heterocycles. The van der Waals surface area contributed by atoms with E-state index in [0.29, 0.717) is 34.2 Å². The van der Waals surface area contributed by atoms with Crippen molar-refractivity contribution in [2.45, 2.75) is 39.7 Å². The second kappa shape index (κ2) is 10.1. The van der Waals surface area contributed by atoms with Crippen LogP contribution in [-0.2, 0) is 0 Å². The molecule has 2 aromatic rings. The molecule has 0 radical (unpaired) electrons. The van der Waals surface area contributed by atoms with Crippen molar-refractivity contribution in [3.63, 3.8) is 0 Å². The molecule has 0 saturated carbocycles. The fourth-order valence-electron chi connectivity index (χ4n) is 2.92. The number of benzene rings is 1. The van der Waals surface area contributed by atoms with Gasteiger partial charge in [0, 0.05) is 18.5 Å². The van der Waals surface area contributed by atoms with Gasteiger partial charge in [0.1, 0.15) is 11.6 Å². The van der Waals surface area contributed by atoms with Crippen molar-refractivity contribution in [2.75, 3.05) is 17.7 Å². The van der Waals surface area contributed by atoms with E-state index in [2.05, 4.69) is 57.7 Å². The number of anilines is 2. The largest absolute Gasteiger partial charge is 0.357 e. The molecule has 0 aliphatic carbocycles. The van der Waals surface area contributed by atoms with Gasteiger partial charge in [-0.2, -0.15) is 20.2 Å². The standard InChI is InChI=1S/C22H27N7S/c1-14(2)10-11-15(3)25-22-28-19(27-21(24-4)29-22)17(12-23)20-26-18(13-30-20)16-8-6-5-7-9-16/h5-9,13-15,26H,10-11H2,1-4H3,(H2,24,25,27,28,29). The first-order chi connectivity index (χ1) is 14.5. The third-order valence-corrected chi connectivity index (χ3v) is 5.50. The molecule has 2 heterocycles. The minimum atomic E-state index is 0.218. The maximum atomic E-state index is 9.85. The molecule has 1 aromatic carbocycles. The van der Waals surface area contributed by atoms with Gasteiger partial charge >= 0.3 is 0 Å². The van der Waals surface area contributed by atoms with Gasteiger partial charge in [-0.05, 0) is 31.2 Å². The molecule has 0 spiro atoms. The van der Waals surface area contributed by atoms with Crippen LogP contribution >= 0.6 is 11.8 Å². The van der Waals surface area contributed by atoms with E-state index in [-0.39, 0.29) is 6.04 Å². The van der Waals surface area contributed by atoms with Crippen molar-refractivity contribution in [1.82, 2.24) is 20.3 Å². The van der Waals surface area contributed by atoms with E-state index in [1.165, 1.54) is 11.8 Å². The minimum Gasteiger partial charge on any atom is -0.357 e. The Kier molecular flexibility index (Phi) is 7.31. The summed E-state index contributed by atoms with van der Waals surface area (Å²) in [4.78, 5) is 13.4. The van der Waals surface area contributed by atoms with E-state index in [1.807, 2.05) is 35.7 Å². The molecule has 3 N–H and O–H groups in total. The van der Waals surface area contributed by atoms with E-state index in [1.54, 1.807) is 7.05 Å². The highest BCUT2D eigenvalue weighted by molar-refractivity contribution is 8.06. The molecule has 1 aliphatic rings. The number of thioether (sulfide) groups is 1. The second-order valence-corrected chi connectivity index (χ2v) is 8.41. The Balaban J connectivity index is 1.84. The summed E-state index contributed by atoms with van der Waals surface area (Å²) >= 11 is 1.46. The summed E-state index contributed by atoms with van der Waals surface area (Å²) in [7, 11) is 1.75. The van der Waals surface area contributed by atoms with Gasteiger partial charge in [0.05, 0.1) is 10.7 Å². The monoisotopic (exact) mass is 421 g/mol. The van der Waals surface area contributed by atoms with Crippen LogP contribution in [0.15, 0.2) is 40.8 Å². The Morgan fingerprint density at radius 2 is 1.83 bits per heavy atom. The van der Waals surface area contributed by atoms with E-state index in [0.717, 1.165) is 24.1 Å². The van der Waals surface area contributed by atoms with E-state index in [4.69, 9.17) is 0 Å². The predicted octanol–water partition coefficient (Wildman–Crippen LogP) is 4.68. The number of nitriles is 1. The van der Waals surface area contributed by atoms with Crippen LogP contribution in [0.25, 0.3) is 11.3 Å². The Hall–Kier alpha value is -3.05. The van der Waals surface area contributed by atoms with Crippen molar-refractivity contribution in [1.29, 1.82) is 5.26 Å². The number of hydrogen-bond acceptors (Lipinski definition) is 8. The number of allylic oxidation sites excluding steroid dienone is 1. The quantitative estimate of drug-likeness (QED) is 0.529. The van der Waals surface area contributed by atoms with Crippen LogP contribution in [0.1, 0.15) is 45.0 Å². The topological polar surface area (TPSA) is 98.5 Å². The normalized spacial score (nSPS) is 15.8. The van der Waals surface area contributed by atoms with Crippen molar-refractivity contribution < 1.29 is 0 Å². The van der Waals surface area contributed by atoms with Gasteiger partial charge in [0.2, 0.25) is 11.9 Å². The van der Waals surface area contributed by atoms with E-state index in [9.17, 15) is 5.26 Å². The molecular formula is C22H27N7S. The highest BCUT2D eigenvalue weighted by Gasteiger charge is 2.21. The van der Waals surface area contributed by atoms with Gasteiger partial charge < -0.3 is 16.0 Å². The summed E-state index contributed by atoms with van der Waals surface area (Å²) in [5, 5.41) is 22.2. The third-order valence-electron chi connectivity index (χ3n) is 4.60. The average Bonchev–Trinajstić information content (AvgIpc) is 3.23. The van der Waals surface area contributed by atoms with Crippen molar-refractivity contribution in [2.24, 2.45) is 5.92 Å². The predicted molar refractivity (Wildman–Crippen MR) is 124 cm³/mol. The SMILES string of the molecule is CNc1nc(NC(C)CCC(C)C)nc(C(C#N)=C2NC(c3ccccc3)=CS2)n1. The van der Waals surface area contributed by atoms with Gasteiger partial charge in [-0.3, -0.25) is 0 Å². The number of nitrogens with one attached hydrogen (secondary N) is 3. The Morgan fingerprint density at radius 3 is 2.50 bits per heavy atom. The summed E-state index contributed by atoms with van der Waals surface area (Å²) in [6.07, 6.45) is 2.13. The lowest BCUT2D eigenvalue weighted by molar-refractivity contribution is 0.526. The molecule has 156 valence electrons. The molecule has 0 bridgehead atoms. The summed E-state index contributed by atoms with van der Waals surface area (Å²) in [5.74, 6) is 1.87. The molecular weight excluding hydrogens is 394 g/mol. The number of hydrogen-bond donors (Lipinski definition) is 3. The van der Waals surface area contributed by atoms with Gasteiger partial charge in [-0.1, -0.05) is 55.9 Å². The van der Waals surface area contributed by atoms with Gasteiger partial charge in [0.25, 0.3) is 0 Å². The van der Waals surface area contributed by atoms with Crippen molar-refractivity contribution in [3.05, 3.63) is 52.2 Å². The molecule has 3 rings (SSSR count). The lowest BCUT2D eigenvalue weighted by atomic mass is 10.0. The molecule has 0 saturated heterocycles. The van der Waals surface area contributed by atoms with Crippen LogP contribution < -0.4 is 16.0 Å². The Morgan fingerprint density at radius 1 is 1.10 bits per heavy atom. The first-order valence-corrected chi connectivity index (χ1v) is 10.9. The summed E-state index contributed by atoms with van der Waals surface area (Å²) in [6, 6.07) is 12.5. The molecule has 0 amide bonds. The van der Waals surface area contributed by atoms with Crippen LogP contribution in [0, 0.1) is 17.2 Å². The molecule has 8 heteroatoms. The van der Waals surface area contributed by atoms with Crippen LogP contribution in [0.3, 0.4) is 0 Å². The Labute approximate surface area is 182 Å². The van der Waals surface area contributed by atoms with Crippen molar-refractivity contribution >= 4 is 34.9 Å². The first kappa shape index (κ1) is 21.7. The zero-order valence-electron chi connectivity index (χ0n) is 17.7. The van der Waals surface area contributed by atoms with Crippen LogP contribution in [0.4, 0.5) is 11.9 Å². The maximum Gasteiger partial charge on any atom is 0.228 e. The van der Waals surface area contributed by atoms with Gasteiger partial charge in [-0.15, -0.1) is 0 Å². The zero-order valence-corrected chi connectivity index (χ0v) is 18.5. The first-order valence-electron chi connectivity index (χ1n) is 10.0. The molecule has 7 nitrogen and oxygen atoms in total. The van der Waals surface area contributed by atoms with E-state index < -0.39 is 0 Å². The lowest BCUT2D eigenvalue weighted by Crippen LogP contribution is -2.19. The molecule has 0 fully saturated rings. The minimum absolute atomic E-state index is 0.218. The molecule has 1 unspecified atom stereocenters. The number of aromatic nitrogens is 3. The summed E-state index contributed by atoms with van der Waals surface area (Å²) in [5.41, 5.74) is 2.40. The van der Waals surface area contributed by atoms with Crippen molar-refractivity contribution in [3.8, 4) is 6.07 Å². The van der Waals surface area contributed by atoms with Crippen LogP contribution in [-0.4, -0.2) is 28.0 Å². The fraction of sp³-hybridized carbons (Fsp3) is 0.364. The summed E-state index contributed by atoms with van der Waals surface area (Å²) in [6.45, 7) is 6.53. The second-order valence-electron chi connectivity index (χ2n) is 7.53. The lowest BCUT2D eigenvalue weighted by Gasteiger charge is -2.16. The van der Waals surface area contributed by atoms with Crippen LogP contribution in [0.5, 0.6) is 0 Å².